The molecule has 1 aromatic heterocycles. The molecule has 25 heavy (non-hydrogen) atoms. The van der Waals surface area contributed by atoms with Gasteiger partial charge in [0.05, 0.1) is 44.1 Å². The number of carbonyl (C=O) groups is 1. The maximum absolute atomic E-state index is 12.3. The van der Waals surface area contributed by atoms with Gasteiger partial charge in [0.1, 0.15) is 18.7 Å². The number of quaternary nitrogens is 1. The molecule has 0 spiro atoms. The van der Waals surface area contributed by atoms with Crippen molar-refractivity contribution in [2.45, 2.75) is 13.8 Å². The van der Waals surface area contributed by atoms with Crippen LogP contribution in [0.1, 0.15) is 22.8 Å². The zero-order chi connectivity index (χ0) is 17.6. The van der Waals surface area contributed by atoms with Gasteiger partial charge in [0.2, 0.25) is 0 Å². The second-order valence-electron chi connectivity index (χ2n) is 6.28. The van der Waals surface area contributed by atoms with Crippen LogP contribution in [0.15, 0.2) is 24.4 Å². The first kappa shape index (κ1) is 17.6. The molecule has 0 radical (unpaired) electrons. The monoisotopic (exact) mass is 344 g/mol. The number of rotatable bonds is 6. The number of pyridine rings is 1. The first-order valence-corrected chi connectivity index (χ1v) is 8.91. The number of carbonyl (C=O) groups excluding carboxylic acids is 1. The van der Waals surface area contributed by atoms with Crippen LogP contribution < -0.4 is 10.2 Å². The first-order valence-electron chi connectivity index (χ1n) is 8.91. The molecule has 2 heterocycles. The Labute approximate surface area is 148 Å². The van der Waals surface area contributed by atoms with Crippen LogP contribution in [0.5, 0.6) is 0 Å². The van der Waals surface area contributed by atoms with Gasteiger partial charge >= 0.3 is 5.97 Å². The highest BCUT2D eigenvalue weighted by molar-refractivity contribution is 6.05. The van der Waals surface area contributed by atoms with Crippen LogP contribution >= 0.6 is 0 Å². The zero-order valence-electron chi connectivity index (χ0n) is 14.9. The number of aryl methyl sites for hydroxylation is 1. The fourth-order valence-electron chi connectivity index (χ4n) is 3.20. The van der Waals surface area contributed by atoms with Gasteiger partial charge in [-0.3, -0.25) is 4.98 Å². The molecule has 134 valence electrons. The second-order valence-corrected chi connectivity index (χ2v) is 6.28. The molecule has 0 saturated carbocycles. The minimum atomic E-state index is -0.334. The van der Waals surface area contributed by atoms with Crippen molar-refractivity contribution in [1.29, 1.82) is 0 Å². The number of nitrogens with one attached hydrogen (secondary N) is 2. The van der Waals surface area contributed by atoms with Gasteiger partial charge in [0.25, 0.3) is 0 Å². The lowest BCUT2D eigenvalue weighted by molar-refractivity contribution is -0.906. The lowest BCUT2D eigenvalue weighted by Crippen LogP contribution is -3.14. The minimum Gasteiger partial charge on any atom is -0.462 e. The lowest BCUT2D eigenvalue weighted by atomic mass is 10.1. The van der Waals surface area contributed by atoms with Gasteiger partial charge in [-0.25, -0.2) is 4.79 Å². The smallest absolute Gasteiger partial charge is 0.341 e. The molecule has 1 saturated heterocycles. The predicted octanol–water partition coefficient (Wildman–Crippen LogP) is 1.05. The highest BCUT2D eigenvalue weighted by atomic mass is 16.5. The fraction of sp³-hybridized carbons (Fsp3) is 0.474. The Balaban J connectivity index is 1.85. The standard InChI is InChI=1S/C19H25N3O3/c1-3-25-19(23)16-13-21-17-14(2)5-4-6-15(17)18(16)20-7-8-22-9-11-24-12-10-22/h4-6,13H,3,7-12H2,1-2H3,(H,20,21)/p+1. The molecular formula is C19H26N3O3+. The summed E-state index contributed by atoms with van der Waals surface area (Å²) in [5.74, 6) is -0.334. The average molecular weight is 344 g/mol. The number of aromatic nitrogens is 1. The van der Waals surface area contributed by atoms with Crippen molar-refractivity contribution in [3.63, 3.8) is 0 Å². The highest BCUT2D eigenvalue weighted by Crippen LogP contribution is 2.28. The van der Waals surface area contributed by atoms with Gasteiger partial charge < -0.3 is 19.7 Å². The van der Waals surface area contributed by atoms with Crippen LogP contribution in [-0.2, 0) is 9.47 Å². The Morgan fingerprint density at radius 3 is 2.92 bits per heavy atom. The summed E-state index contributed by atoms with van der Waals surface area (Å²) in [6, 6.07) is 6.02. The third kappa shape index (κ3) is 4.08. The van der Waals surface area contributed by atoms with Crippen LogP contribution in [0.3, 0.4) is 0 Å². The molecule has 0 bridgehead atoms. The molecule has 0 unspecified atom stereocenters. The molecular weight excluding hydrogens is 318 g/mol. The zero-order valence-corrected chi connectivity index (χ0v) is 14.9. The van der Waals surface area contributed by atoms with Crippen LogP contribution in [0.2, 0.25) is 0 Å². The van der Waals surface area contributed by atoms with Crippen LogP contribution in [-0.4, -0.2) is 57.0 Å². The molecule has 2 N–H and O–H groups in total. The maximum atomic E-state index is 12.3. The van der Waals surface area contributed by atoms with Gasteiger partial charge in [-0.1, -0.05) is 18.2 Å². The molecule has 6 nitrogen and oxygen atoms in total. The first-order chi connectivity index (χ1) is 12.2. The predicted molar refractivity (Wildman–Crippen MR) is 97.3 cm³/mol. The number of hydrogen-bond donors (Lipinski definition) is 2. The van der Waals surface area contributed by atoms with Crippen molar-refractivity contribution in [3.05, 3.63) is 35.5 Å². The average Bonchev–Trinajstić information content (AvgIpc) is 2.63. The minimum absolute atomic E-state index is 0.334. The molecule has 1 aromatic carbocycles. The van der Waals surface area contributed by atoms with E-state index in [1.165, 1.54) is 4.90 Å². The molecule has 0 amide bonds. The maximum Gasteiger partial charge on any atom is 0.341 e. The van der Waals surface area contributed by atoms with E-state index in [1.807, 2.05) is 32.0 Å². The van der Waals surface area contributed by atoms with Crippen molar-refractivity contribution in [2.75, 3.05) is 51.3 Å². The number of anilines is 1. The molecule has 0 aliphatic carbocycles. The van der Waals surface area contributed by atoms with Gasteiger partial charge in [-0.15, -0.1) is 0 Å². The second kappa shape index (κ2) is 8.27. The highest BCUT2D eigenvalue weighted by Gasteiger charge is 2.18. The van der Waals surface area contributed by atoms with Crippen LogP contribution in [0.25, 0.3) is 10.9 Å². The van der Waals surface area contributed by atoms with Gasteiger partial charge in [0, 0.05) is 11.6 Å². The number of hydrogen-bond acceptors (Lipinski definition) is 5. The summed E-state index contributed by atoms with van der Waals surface area (Å²) in [5, 5.41) is 4.43. The molecule has 1 aliphatic rings. The summed E-state index contributed by atoms with van der Waals surface area (Å²) in [5.41, 5.74) is 3.32. The van der Waals surface area contributed by atoms with E-state index in [0.29, 0.717) is 12.2 Å². The summed E-state index contributed by atoms with van der Waals surface area (Å²) in [7, 11) is 0. The van der Waals surface area contributed by atoms with E-state index in [9.17, 15) is 4.79 Å². The molecule has 6 heteroatoms. The third-order valence-electron chi connectivity index (χ3n) is 4.57. The van der Waals surface area contributed by atoms with Crippen LogP contribution in [0, 0.1) is 6.92 Å². The number of fused-ring (bicyclic) bond motifs is 1. The van der Waals surface area contributed by atoms with Gasteiger partial charge in [-0.05, 0) is 19.4 Å². The Morgan fingerprint density at radius 1 is 1.36 bits per heavy atom. The number of morpholine rings is 1. The number of esters is 1. The topological polar surface area (TPSA) is 64.9 Å². The summed E-state index contributed by atoms with van der Waals surface area (Å²) >= 11 is 0. The van der Waals surface area contributed by atoms with E-state index in [2.05, 4.69) is 10.3 Å². The number of ether oxygens (including phenoxy) is 2. The fourth-order valence-corrected chi connectivity index (χ4v) is 3.20. The van der Waals surface area contributed by atoms with Crippen molar-refractivity contribution in [1.82, 2.24) is 4.98 Å². The molecule has 1 fully saturated rings. The number of nitrogens with zero attached hydrogens (tertiary/aromatic N) is 1. The van der Waals surface area contributed by atoms with Gasteiger partial charge in [-0.2, -0.15) is 0 Å². The normalized spacial score (nSPS) is 15.3. The quantitative estimate of drug-likeness (QED) is 0.767. The van der Waals surface area contributed by atoms with Gasteiger partial charge in [0.15, 0.2) is 0 Å². The van der Waals surface area contributed by atoms with Crippen molar-refractivity contribution in [3.8, 4) is 0 Å². The van der Waals surface area contributed by atoms with Crippen LogP contribution in [0.4, 0.5) is 5.69 Å². The largest absolute Gasteiger partial charge is 0.462 e. The summed E-state index contributed by atoms with van der Waals surface area (Å²) in [4.78, 5) is 18.3. The van der Waals surface area contributed by atoms with E-state index in [1.54, 1.807) is 6.20 Å². The molecule has 3 rings (SSSR count). The van der Waals surface area contributed by atoms with E-state index in [0.717, 1.165) is 61.5 Å². The SMILES string of the molecule is CCOC(=O)c1cnc2c(C)cccc2c1NCC[NH+]1CCOCC1. The molecule has 2 aromatic rings. The lowest BCUT2D eigenvalue weighted by Gasteiger charge is -2.24. The third-order valence-corrected chi connectivity index (χ3v) is 4.57. The summed E-state index contributed by atoms with van der Waals surface area (Å²) in [6.45, 7) is 9.66. The Bertz CT molecular complexity index is 742. The Kier molecular flexibility index (Phi) is 5.83. The molecule has 1 aliphatic heterocycles. The summed E-state index contributed by atoms with van der Waals surface area (Å²) in [6.07, 6.45) is 1.62. The Morgan fingerprint density at radius 2 is 2.16 bits per heavy atom. The molecule has 0 atom stereocenters. The Hall–Kier alpha value is -2.18. The van der Waals surface area contributed by atoms with Crippen molar-refractivity contribution in [2.24, 2.45) is 0 Å². The van der Waals surface area contributed by atoms with E-state index in [4.69, 9.17) is 9.47 Å². The van der Waals surface area contributed by atoms with Crippen molar-refractivity contribution >= 4 is 22.6 Å². The number of benzene rings is 1. The van der Waals surface area contributed by atoms with E-state index in [-0.39, 0.29) is 5.97 Å². The summed E-state index contributed by atoms with van der Waals surface area (Å²) < 4.78 is 10.6. The number of para-hydroxylation sites is 1. The van der Waals surface area contributed by atoms with E-state index >= 15 is 0 Å². The van der Waals surface area contributed by atoms with Crippen molar-refractivity contribution < 1.29 is 19.2 Å². The van der Waals surface area contributed by atoms with E-state index < -0.39 is 0 Å².